The highest BCUT2D eigenvalue weighted by molar-refractivity contribution is 5.77. The van der Waals surface area contributed by atoms with E-state index < -0.39 is 0 Å². The van der Waals surface area contributed by atoms with Crippen molar-refractivity contribution in [1.29, 1.82) is 0 Å². The number of nitrogens with one attached hydrogen (secondary N) is 1. The lowest BCUT2D eigenvalue weighted by atomic mass is 9.80. The molecular formula is C13H26N2O2. The number of ether oxygens (including phenoxy) is 1. The summed E-state index contributed by atoms with van der Waals surface area (Å²) in [5.74, 6) is -0.00106. The Kier molecular flexibility index (Phi) is 5.40. The first-order chi connectivity index (χ1) is 7.91. The van der Waals surface area contributed by atoms with Crippen molar-refractivity contribution in [3.63, 3.8) is 0 Å². The van der Waals surface area contributed by atoms with Crippen LogP contribution in [0.5, 0.6) is 0 Å². The molecule has 0 atom stereocenters. The van der Waals surface area contributed by atoms with Crippen molar-refractivity contribution >= 4 is 5.91 Å². The van der Waals surface area contributed by atoms with E-state index in [4.69, 9.17) is 4.74 Å². The number of piperidine rings is 1. The van der Waals surface area contributed by atoms with E-state index in [1.807, 2.05) is 13.8 Å². The first-order valence-corrected chi connectivity index (χ1v) is 6.48. The van der Waals surface area contributed by atoms with Crippen LogP contribution in [0.1, 0.15) is 33.6 Å². The van der Waals surface area contributed by atoms with Gasteiger partial charge in [-0.1, -0.05) is 6.92 Å². The number of hydrogen-bond acceptors (Lipinski definition) is 3. The molecule has 0 aliphatic carbocycles. The molecular weight excluding hydrogens is 216 g/mol. The maximum absolute atomic E-state index is 11.6. The summed E-state index contributed by atoms with van der Waals surface area (Å²) in [6.45, 7) is 9.30. The summed E-state index contributed by atoms with van der Waals surface area (Å²) in [6.07, 6.45) is 2.41. The Hall–Kier alpha value is -0.610. The van der Waals surface area contributed by atoms with Gasteiger partial charge < -0.3 is 15.0 Å². The van der Waals surface area contributed by atoms with Crippen LogP contribution in [0.15, 0.2) is 0 Å². The van der Waals surface area contributed by atoms with Crippen LogP contribution in [0.3, 0.4) is 0 Å². The average Bonchev–Trinajstić information content (AvgIpc) is 2.28. The van der Waals surface area contributed by atoms with Crippen LogP contribution in [0.2, 0.25) is 0 Å². The summed E-state index contributed by atoms with van der Waals surface area (Å²) in [5.41, 5.74) is 0.250. The van der Waals surface area contributed by atoms with E-state index in [2.05, 4.69) is 24.2 Å². The number of likely N-dealkylation sites (tertiary alicyclic amines) is 1. The molecule has 0 unspecified atom stereocenters. The molecule has 1 fully saturated rings. The first kappa shape index (κ1) is 14.5. The first-order valence-electron chi connectivity index (χ1n) is 6.48. The van der Waals surface area contributed by atoms with Crippen LogP contribution in [0.25, 0.3) is 0 Å². The summed E-state index contributed by atoms with van der Waals surface area (Å²) in [5, 5.41) is 2.98. The number of amides is 1. The van der Waals surface area contributed by atoms with Crippen LogP contribution in [0, 0.1) is 5.41 Å². The third-order valence-corrected chi connectivity index (χ3v) is 3.45. The molecule has 0 aromatic rings. The summed E-state index contributed by atoms with van der Waals surface area (Å²) in [6, 6.07) is 0. The molecule has 0 aromatic heterocycles. The lowest BCUT2D eigenvalue weighted by Crippen LogP contribution is -2.44. The molecule has 1 aliphatic rings. The molecule has 4 nitrogen and oxygen atoms in total. The van der Waals surface area contributed by atoms with E-state index in [1.54, 1.807) is 0 Å². The molecule has 0 bridgehead atoms. The van der Waals surface area contributed by atoms with Crippen molar-refractivity contribution in [3.8, 4) is 0 Å². The molecule has 1 amide bonds. The number of hydrogen-bond donors (Lipinski definition) is 1. The topological polar surface area (TPSA) is 41.6 Å². The molecule has 1 heterocycles. The maximum Gasteiger partial charge on any atom is 0.246 e. The Morgan fingerprint density at radius 1 is 1.41 bits per heavy atom. The number of carbonyl (C=O) groups is 1. The normalized spacial score (nSPS) is 20.5. The van der Waals surface area contributed by atoms with E-state index in [0.717, 1.165) is 32.5 Å². The third kappa shape index (κ3) is 5.50. The van der Waals surface area contributed by atoms with Gasteiger partial charge in [0.1, 0.15) is 6.61 Å². The molecule has 0 spiro atoms. The third-order valence-electron chi connectivity index (χ3n) is 3.45. The number of rotatable bonds is 5. The number of nitrogens with zero attached hydrogens (tertiary/aromatic N) is 1. The zero-order chi connectivity index (χ0) is 12.9. The second-order valence-corrected chi connectivity index (χ2v) is 5.75. The molecule has 1 N–H and O–H groups in total. The van der Waals surface area contributed by atoms with E-state index in [-0.39, 0.29) is 24.0 Å². The van der Waals surface area contributed by atoms with Crippen LogP contribution in [-0.2, 0) is 9.53 Å². The molecule has 1 aliphatic heterocycles. The predicted octanol–water partition coefficient (Wildman–Crippen LogP) is 1.26. The highest BCUT2D eigenvalue weighted by Gasteiger charge is 2.29. The van der Waals surface area contributed by atoms with E-state index >= 15 is 0 Å². The van der Waals surface area contributed by atoms with Gasteiger partial charge in [-0.25, -0.2) is 0 Å². The van der Waals surface area contributed by atoms with Crippen LogP contribution in [-0.4, -0.2) is 50.2 Å². The minimum atomic E-state index is -0.00106. The molecule has 4 heteroatoms. The van der Waals surface area contributed by atoms with Crippen LogP contribution in [0.4, 0.5) is 0 Å². The van der Waals surface area contributed by atoms with Gasteiger partial charge >= 0.3 is 0 Å². The highest BCUT2D eigenvalue weighted by Crippen LogP contribution is 2.29. The Morgan fingerprint density at radius 3 is 2.53 bits per heavy atom. The molecule has 1 saturated heterocycles. The molecule has 1 rings (SSSR count). The van der Waals surface area contributed by atoms with E-state index in [9.17, 15) is 4.79 Å². The van der Waals surface area contributed by atoms with Gasteiger partial charge in [0.05, 0.1) is 6.10 Å². The molecule has 100 valence electrons. The van der Waals surface area contributed by atoms with Gasteiger partial charge in [-0.3, -0.25) is 4.79 Å². The molecule has 0 radical (unpaired) electrons. The van der Waals surface area contributed by atoms with Gasteiger partial charge in [-0.2, -0.15) is 0 Å². The van der Waals surface area contributed by atoms with Crippen molar-refractivity contribution in [2.24, 2.45) is 5.41 Å². The summed E-state index contributed by atoms with van der Waals surface area (Å²) in [4.78, 5) is 13.9. The summed E-state index contributed by atoms with van der Waals surface area (Å²) >= 11 is 0. The fraction of sp³-hybridized carbons (Fsp3) is 0.923. The molecule has 0 saturated carbocycles. The Balaban J connectivity index is 2.23. The lowest BCUT2D eigenvalue weighted by molar-refractivity contribution is -0.127. The highest BCUT2D eigenvalue weighted by atomic mass is 16.5. The SMILES string of the molecule is CC(C)OCC(=O)NCC1(C)CCN(C)CC1. The second kappa shape index (κ2) is 6.36. The van der Waals surface area contributed by atoms with Gasteiger partial charge in [0.15, 0.2) is 0 Å². The predicted molar refractivity (Wildman–Crippen MR) is 68.9 cm³/mol. The zero-order valence-corrected chi connectivity index (χ0v) is 11.6. The smallest absolute Gasteiger partial charge is 0.246 e. The molecule has 0 aromatic carbocycles. The van der Waals surface area contributed by atoms with E-state index in [0.29, 0.717) is 0 Å². The van der Waals surface area contributed by atoms with Crippen LogP contribution >= 0.6 is 0 Å². The van der Waals surface area contributed by atoms with E-state index in [1.165, 1.54) is 0 Å². The Bertz CT molecular complexity index is 246. The lowest BCUT2D eigenvalue weighted by Gasteiger charge is -2.37. The number of carbonyl (C=O) groups excluding carboxylic acids is 1. The minimum Gasteiger partial charge on any atom is -0.369 e. The fourth-order valence-electron chi connectivity index (χ4n) is 1.94. The van der Waals surface area contributed by atoms with Crippen LogP contribution < -0.4 is 5.32 Å². The second-order valence-electron chi connectivity index (χ2n) is 5.75. The van der Waals surface area contributed by atoms with Crippen molar-refractivity contribution < 1.29 is 9.53 Å². The molecule has 17 heavy (non-hydrogen) atoms. The minimum absolute atomic E-state index is 0.00106. The quantitative estimate of drug-likeness (QED) is 0.789. The maximum atomic E-state index is 11.6. The standard InChI is InChI=1S/C13H26N2O2/c1-11(2)17-9-12(16)14-10-13(3)5-7-15(4)8-6-13/h11H,5-10H2,1-4H3,(H,14,16). The van der Waals surface area contributed by atoms with Gasteiger partial charge in [0, 0.05) is 6.54 Å². The van der Waals surface area contributed by atoms with Gasteiger partial charge in [0.2, 0.25) is 5.91 Å². The van der Waals surface area contributed by atoms with Crippen molar-refractivity contribution in [2.75, 3.05) is 33.3 Å². The largest absolute Gasteiger partial charge is 0.369 e. The van der Waals surface area contributed by atoms with Crippen molar-refractivity contribution in [1.82, 2.24) is 10.2 Å². The van der Waals surface area contributed by atoms with Crippen molar-refractivity contribution in [2.45, 2.75) is 39.7 Å². The Labute approximate surface area is 105 Å². The average molecular weight is 242 g/mol. The van der Waals surface area contributed by atoms with Gasteiger partial charge in [-0.15, -0.1) is 0 Å². The zero-order valence-electron chi connectivity index (χ0n) is 11.6. The summed E-state index contributed by atoms with van der Waals surface area (Å²) < 4.78 is 5.27. The van der Waals surface area contributed by atoms with Gasteiger partial charge in [0.25, 0.3) is 0 Å². The Morgan fingerprint density at radius 2 is 2.00 bits per heavy atom. The van der Waals surface area contributed by atoms with Crippen molar-refractivity contribution in [3.05, 3.63) is 0 Å². The fourth-order valence-corrected chi connectivity index (χ4v) is 1.94. The van der Waals surface area contributed by atoms with Gasteiger partial charge in [-0.05, 0) is 52.2 Å². The monoisotopic (exact) mass is 242 g/mol. The summed E-state index contributed by atoms with van der Waals surface area (Å²) in [7, 11) is 2.15.